The van der Waals surface area contributed by atoms with E-state index in [2.05, 4.69) is 10.4 Å². The van der Waals surface area contributed by atoms with Crippen LogP contribution in [0.3, 0.4) is 0 Å². The number of fused-ring (bicyclic) bond motifs is 1. The van der Waals surface area contributed by atoms with Gasteiger partial charge in [-0.2, -0.15) is 0 Å². The van der Waals surface area contributed by atoms with Crippen LogP contribution in [0.5, 0.6) is 0 Å². The minimum Gasteiger partial charge on any atom is -0.481 e. The van der Waals surface area contributed by atoms with Crippen LogP contribution in [0.2, 0.25) is 0 Å². The zero-order valence-corrected chi connectivity index (χ0v) is 26.6. The number of aliphatic carboxylic acids is 1. The number of hydrogen-bond acceptors (Lipinski definition) is 11. The highest BCUT2D eigenvalue weighted by atomic mass is 32.2. The number of hydrazine groups is 1. The van der Waals surface area contributed by atoms with Crippen LogP contribution in [0.1, 0.15) is 51.4 Å². The molecule has 0 aromatic carbocycles. The predicted octanol–water partition coefficient (Wildman–Crippen LogP) is 0.679. The van der Waals surface area contributed by atoms with E-state index in [1.54, 1.807) is 11.4 Å². The average molecular weight is 635 g/mol. The van der Waals surface area contributed by atoms with Crippen molar-refractivity contribution in [3.05, 3.63) is 0 Å². The summed E-state index contributed by atoms with van der Waals surface area (Å²) in [6.45, 7) is 6.37. The van der Waals surface area contributed by atoms with Gasteiger partial charge in [-0.15, -0.1) is 0 Å². The Morgan fingerprint density at radius 1 is 0.930 bits per heavy atom. The van der Waals surface area contributed by atoms with E-state index in [0.717, 1.165) is 32.2 Å². The first-order valence-electron chi connectivity index (χ1n) is 16.1. The van der Waals surface area contributed by atoms with Crippen molar-refractivity contribution in [2.45, 2.75) is 74.9 Å². The van der Waals surface area contributed by atoms with Crippen LogP contribution in [-0.2, 0) is 38.5 Å². The molecule has 4 rings (SSSR count). The molecule has 0 radical (unpaired) electrons. The molecule has 0 aromatic heterocycles. The van der Waals surface area contributed by atoms with Gasteiger partial charge in [0.1, 0.15) is 0 Å². The molecular weight excluding hydrogens is 580 g/mol. The topological polar surface area (TPSA) is 162 Å². The molecule has 3 aliphatic heterocycles. The lowest BCUT2D eigenvalue weighted by molar-refractivity contribution is -0.138. The summed E-state index contributed by atoms with van der Waals surface area (Å²) in [4.78, 5) is 11.5. The van der Waals surface area contributed by atoms with Gasteiger partial charge in [-0.25, -0.2) is 17.7 Å². The minimum atomic E-state index is -3.53. The van der Waals surface area contributed by atoms with Gasteiger partial charge in [-0.3, -0.25) is 10.2 Å². The van der Waals surface area contributed by atoms with Crippen LogP contribution in [0.4, 0.5) is 0 Å². The molecule has 3 saturated heterocycles. The monoisotopic (exact) mass is 634 g/mol. The molecular formula is C29H54N4O9S. The Morgan fingerprint density at radius 2 is 1.60 bits per heavy atom. The second kappa shape index (κ2) is 17.7. The third-order valence-electron chi connectivity index (χ3n) is 9.64. The molecule has 0 amide bonds. The Morgan fingerprint density at radius 3 is 2.26 bits per heavy atom. The van der Waals surface area contributed by atoms with Crippen molar-refractivity contribution in [2.24, 2.45) is 23.5 Å². The van der Waals surface area contributed by atoms with E-state index in [-0.39, 0.29) is 42.4 Å². The van der Waals surface area contributed by atoms with Crippen LogP contribution in [0, 0.1) is 17.8 Å². The minimum absolute atomic E-state index is 0.0187. The molecule has 14 heteroatoms. The van der Waals surface area contributed by atoms with Gasteiger partial charge in [0.2, 0.25) is 10.0 Å². The van der Waals surface area contributed by atoms with Gasteiger partial charge in [-0.1, -0.05) is 0 Å². The van der Waals surface area contributed by atoms with E-state index in [0.29, 0.717) is 91.7 Å². The van der Waals surface area contributed by atoms with E-state index < -0.39 is 21.2 Å². The van der Waals surface area contributed by atoms with Crippen molar-refractivity contribution < 1.29 is 42.0 Å². The summed E-state index contributed by atoms with van der Waals surface area (Å²) in [5.41, 5.74) is 8.74. The highest BCUT2D eigenvalue weighted by Crippen LogP contribution is 2.44. The Bertz CT molecular complexity index is 937. The molecule has 4 N–H and O–H groups in total. The van der Waals surface area contributed by atoms with E-state index in [1.807, 2.05) is 0 Å². The number of sulfonamides is 1. The molecule has 13 nitrogen and oxygen atoms in total. The van der Waals surface area contributed by atoms with E-state index in [4.69, 9.17) is 29.4 Å². The number of piperidine rings is 2. The van der Waals surface area contributed by atoms with Crippen LogP contribution in [0.15, 0.2) is 0 Å². The first-order valence-corrected chi connectivity index (χ1v) is 17.6. The fourth-order valence-corrected chi connectivity index (χ4v) is 9.90. The first kappa shape index (κ1) is 34.9. The fourth-order valence-electron chi connectivity index (χ4n) is 7.54. The molecule has 0 bridgehead atoms. The maximum absolute atomic E-state index is 14.1. The maximum Gasteiger partial charge on any atom is 0.303 e. The molecule has 0 aromatic rings. The number of carboxylic acids is 1. The second-order valence-electron chi connectivity index (χ2n) is 12.2. The molecule has 3 heterocycles. The lowest BCUT2D eigenvalue weighted by Crippen LogP contribution is -2.55. The fraction of sp³-hybridized carbons (Fsp3) is 0.966. The van der Waals surface area contributed by atoms with Gasteiger partial charge in [0.25, 0.3) is 0 Å². The average Bonchev–Trinajstić information content (AvgIpc) is 3.40. The van der Waals surface area contributed by atoms with Crippen molar-refractivity contribution in [3.8, 4) is 0 Å². The molecule has 4 fully saturated rings. The SMILES string of the molecule is COC1CCCC(S(=O)(=O)N2CCC(OCCOCCOCCOCCN)CC2)C1C1CCN2NCC(CC(=O)O)C2C1. The van der Waals surface area contributed by atoms with E-state index >= 15 is 0 Å². The molecule has 43 heavy (non-hydrogen) atoms. The van der Waals surface area contributed by atoms with Gasteiger partial charge in [0, 0.05) is 57.7 Å². The smallest absolute Gasteiger partial charge is 0.303 e. The summed E-state index contributed by atoms with van der Waals surface area (Å²) in [6, 6.07) is 0.114. The van der Waals surface area contributed by atoms with E-state index in [9.17, 15) is 18.3 Å². The molecule has 4 aliphatic rings. The number of nitrogens with two attached hydrogens (primary N) is 1. The van der Waals surface area contributed by atoms with Crippen molar-refractivity contribution >= 4 is 16.0 Å². The Kier molecular flexibility index (Phi) is 14.4. The third-order valence-corrected chi connectivity index (χ3v) is 12.0. The number of hydrogen-bond donors (Lipinski definition) is 3. The molecule has 6 unspecified atom stereocenters. The zero-order valence-electron chi connectivity index (χ0n) is 25.8. The molecule has 1 aliphatic carbocycles. The number of nitrogens with zero attached hydrogens (tertiary/aromatic N) is 2. The highest BCUT2D eigenvalue weighted by molar-refractivity contribution is 7.89. The van der Waals surface area contributed by atoms with E-state index in [1.165, 1.54) is 0 Å². The number of methoxy groups -OCH3 is 1. The standard InChI is InChI=1S/C29H54N4O9S/c1-38-26-3-2-4-27(29(26)22-5-11-33-25(19-22)23(21-31-33)20-28(34)35)43(36,37)32-9-6-24(7-10-32)42-18-17-41-16-15-40-14-13-39-12-8-30/h22-27,29,31H,2-21,30H2,1H3,(H,34,35). The summed E-state index contributed by atoms with van der Waals surface area (Å²) in [5, 5.41) is 11.1. The van der Waals surface area contributed by atoms with Gasteiger partial charge in [0.05, 0.1) is 70.1 Å². The van der Waals surface area contributed by atoms with Gasteiger partial charge in [0.15, 0.2) is 0 Å². The lowest BCUT2D eigenvalue weighted by atomic mass is 9.71. The summed E-state index contributed by atoms with van der Waals surface area (Å²) in [7, 11) is -1.83. The Hall–Kier alpha value is -0.940. The summed E-state index contributed by atoms with van der Waals surface area (Å²) in [5.74, 6) is -0.664. The van der Waals surface area contributed by atoms with Crippen molar-refractivity contribution in [1.82, 2.24) is 14.7 Å². The van der Waals surface area contributed by atoms with Gasteiger partial charge >= 0.3 is 5.97 Å². The predicted molar refractivity (Wildman–Crippen MR) is 160 cm³/mol. The molecule has 0 spiro atoms. The Balaban J connectivity index is 1.23. The van der Waals surface area contributed by atoms with Crippen molar-refractivity contribution in [3.63, 3.8) is 0 Å². The quantitative estimate of drug-likeness (QED) is 0.181. The third kappa shape index (κ3) is 9.77. The molecule has 6 atom stereocenters. The lowest BCUT2D eigenvalue weighted by Gasteiger charge is -2.47. The summed E-state index contributed by atoms with van der Waals surface area (Å²) in [6.07, 6.45) is 5.40. The first-order chi connectivity index (χ1) is 20.8. The van der Waals surface area contributed by atoms with Crippen molar-refractivity contribution in [1.29, 1.82) is 0 Å². The number of carboxylic acid groups (broad SMARTS) is 1. The summed E-state index contributed by atoms with van der Waals surface area (Å²) >= 11 is 0. The molecule has 250 valence electrons. The largest absolute Gasteiger partial charge is 0.481 e. The highest BCUT2D eigenvalue weighted by Gasteiger charge is 2.50. The normalized spacial score (nSPS) is 31.3. The number of carbonyl (C=O) groups is 1. The van der Waals surface area contributed by atoms with Crippen LogP contribution in [0.25, 0.3) is 0 Å². The summed E-state index contributed by atoms with van der Waals surface area (Å²) < 4.78 is 58.2. The van der Waals surface area contributed by atoms with Crippen LogP contribution in [-0.4, -0.2) is 138 Å². The van der Waals surface area contributed by atoms with Gasteiger partial charge in [-0.05, 0) is 50.9 Å². The molecule has 1 saturated carbocycles. The second-order valence-corrected chi connectivity index (χ2v) is 14.4. The van der Waals surface area contributed by atoms with Crippen molar-refractivity contribution in [2.75, 3.05) is 86.1 Å². The number of nitrogens with one attached hydrogen (secondary N) is 1. The van der Waals surface area contributed by atoms with Crippen LogP contribution < -0.4 is 11.2 Å². The number of rotatable bonds is 18. The zero-order chi connectivity index (χ0) is 30.7. The Labute approximate surface area is 257 Å². The van der Waals surface area contributed by atoms with Gasteiger partial charge < -0.3 is 34.5 Å². The maximum atomic E-state index is 14.1. The number of ether oxygens (including phenoxy) is 5. The van der Waals surface area contributed by atoms with Crippen LogP contribution >= 0.6 is 0 Å².